The molecule has 100 valence electrons. The molecule has 2 aromatic carbocycles. The molecule has 3 nitrogen and oxygen atoms in total. The lowest BCUT2D eigenvalue weighted by atomic mass is 10.1. The van der Waals surface area contributed by atoms with E-state index in [1.54, 1.807) is 7.05 Å². The Morgan fingerprint density at radius 1 is 1.11 bits per heavy atom. The number of fused-ring (bicyclic) bond motifs is 1. The summed E-state index contributed by atoms with van der Waals surface area (Å²) in [4.78, 5) is 4.20. The minimum Gasteiger partial charge on any atom is -0.354 e. The molecule has 0 aliphatic carbocycles. The minimum absolute atomic E-state index is 0.378. The fourth-order valence-electron chi connectivity index (χ4n) is 2.00. The number of nitrogens with zero attached hydrogens (tertiary/aromatic N) is 1. The van der Waals surface area contributed by atoms with Crippen LogP contribution in [0.3, 0.4) is 0 Å². The van der Waals surface area contributed by atoms with E-state index >= 15 is 0 Å². The van der Waals surface area contributed by atoms with Crippen LogP contribution in [0.2, 0.25) is 0 Å². The maximum absolute atomic E-state index is 4.20. The largest absolute Gasteiger partial charge is 0.354 e. The van der Waals surface area contributed by atoms with Crippen LogP contribution in [-0.2, 0) is 6.54 Å². The molecule has 3 heteroatoms. The smallest absolute Gasteiger partial charge is 0.191 e. The molecule has 2 rings (SSSR count). The number of hydrogen-bond acceptors (Lipinski definition) is 1. The highest BCUT2D eigenvalue weighted by atomic mass is 15.2. The third-order valence-corrected chi connectivity index (χ3v) is 2.92. The monoisotopic (exact) mass is 255 g/mol. The van der Waals surface area contributed by atoms with E-state index in [4.69, 9.17) is 0 Å². The van der Waals surface area contributed by atoms with Gasteiger partial charge in [-0.25, -0.2) is 0 Å². The summed E-state index contributed by atoms with van der Waals surface area (Å²) >= 11 is 0. The van der Waals surface area contributed by atoms with E-state index in [0.29, 0.717) is 6.04 Å². The van der Waals surface area contributed by atoms with Gasteiger partial charge in [0.25, 0.3) is 0 Å². The average Bonchev–Trinajstić information content (AvgIpc) is 2.42. The van der Waals surface area contributed by atoms with E-state index in [1.165, 1.54) is 16.3 Å². The van der Waals surface area contributed by atoms with Gasteiger partial charge < -0.3 is 10.6 Å². The second kappa shape index (κ2) is 6.23. The molecule has 19 heavy (non-hydrogen) atoms. The topological polar surface area (TPSA) is 36.4 Å². The van der Waals surface area contributed by atoms with E-state index in [9.17, 15) is 0 Å². The van der Waals surface area contributed by atoms with Crippen molar-refractivity contribution in [1.82, 2.24) is 10.6 Å². The van der Waals surface area contributed by atoms with Gasteiger partial charge in [0.15, 0.2) is 5.96 Å². The molecule has 0 aliphatic heterocycles. The Morgan fingerprint density at radius 3 is 2.53 bits per heavy atom. The van der Waals surface area contributed by atoms with Crippen molar-refractivity contribution in [1.29, 1.82) is 0 Å². The van der Waals surface area contributed by atoms with Crippen LogP contribution in [0.4, 0.5) is 0 Å². The maximum Gasteiger partial charge on any atom is 0.191 e. The summed E-state index contributed by atoms with van der Waals surface area (Å²) in [5, 5.41) is 9.14. The van der Waals surface area contributed by atoms with Crippen LogP contribution in [0, 0.1) is 0 Å². The van der Waals surface area contributed by atoms with Gasteiger partial charge >= 0.3 is 0 Å². The van der Waals surface area contributed by atoms with Gasteiger partial charge in [0.1, 0.15) is 0 Å². The first-order valence-corrected chi connectivity index (χ1v) is 6.64. The fraction of sp³-hybridized carbons (Fsp3) is 0.312. The molecule has 0 fully saturated rings. The number of rotatable bonds is 3. The van der Waals surface area contributed by atoms with Crippen molar-refractivity contribution in [3.8, 4) is 0 Å². The standard InChI is InChI=1S/C16H21N3/c1-12(2)19-16(17-3)18-11-13-8-9-14-6-4-5-7-15(14)10-13/h4-10,12H,11H2,1-3H3,(H2,17,18,19). The maximum atomic E-state index is 4.20. The van der Waals surface area contributed by atoms with Gasteiger partial charge in [-0.15, -0.1) is 0 Å². The summed E-state index contributed by atoms with van der Waals surface area (Å²) in [5.74, 6) is 0.836. The number of aliphatic imine (C=N–C) groups is 1. The molecule has 2 aromatic rings. The summed E-state index contributed by atoms with van der Waals surface area (Å²) < 4.78 is 0. The van der Waals surface area contributed by atoms with Gasteiger partial charge in [-0.3, -0.25) is 4.99 Å². The average molecular weight is 255 g/mol. The molecule has 0 aliphatic rings. The van der Waals surface area contributed by atoms with Gasteiger partial charge in [-0.2, -0.15) is 0 Å². The molecule has 0 heterocycles. The lowest BCUT2D eigenvalue weighted by Crippen LogP contribution is -2.40. The molecule has 0 saturated heterocycles. The SMILES string of the molecule is CN=C(NCc1ccc2ccccc2c1)NC(C)C. The quantitative estimate of drug-likeness (QED) is 0.653. The Hall–Kier alpha value is -2.03. The summed E-state index contributed by atoms with van der Waals surface area (Å²) in [6.07, 6.45) is 0. The molecule has 0 amide bonds. The van der Waals surface area contributed by atoms with Crippen LogP contribution in [0.15, 0.2) is 47.5 Å². The van der Waals surface area contributed by atoms with E-state index in [-0.39, 0.29) is 0 Å². The summed E-state index contributed by atoms with van der Waals surface area (Å²) in [5.41, 5.74) is 1.26. The lowest BCUT2D eigenvalue weighted by Gasteiger charge is -2.14. The molecular weight excluding hydrogens is 234 g/mol. The highest BCUT2D eigenvalue weighted by Crippen LogP contribution is 2.15. The zero-order chi connectivity index (χ0) is 13.7. The van der Waals surface area contributed by atoms with Crippen molar-refractivity contribution in [2.75, 3.05) is 7.05 Å². The first kappa shape index (κ1) is 13.4. The van der Waals surface area contributed by atoms with E-state index in [1.807, 2.05) is 0 Å². The van der Waals surface area contributed by atoms with Gasteiger partial charge in [0.2, 0.25) is 0 Å². The molecule has 2 N–H and O–H groups in total. The van der Waals surface area contributed by atoms with Crippen molar-refractivity contribution in [3.05, 3.63) is 48.0 Å². The van der Waals surface area contributed by atoms with Crippen LogP contribution in [0.1, 0.15) is 19.4 Å². The number of benzene rings is 2. The Bertz CT molecular complexity index is 573. The summed E-state index contributed by atoms with van der Waals surface area (Å²) in [6, 6.07) is 15.3. The molecule has 0 atom stereocenters. The van der Waals surface area contributed by atoms with Gasteiger partial charge in [-0.1, -0.05) is 36.4 Å². The van der Waals surface area contributed by atoms with Gasteiger partial charge in [-0.05, 0) is 36.2 Å². The van der Waals surface area contributed by atoms with Crippen LogP contribution >= 0.6 is 0 Å². The zero-order valence-electron chi connectivity index (χ0n) is 11.8. The van der Waals surface area contributed by atoms with Crippen molar-refractivity contribution in [2.45, 2.75) is 26.4 Å². The summed E-state index contributed by atoms with van der Waals surface area (Å²) in [7, 11) is 1.79. The van der Waals surface area contributed by atoms with E-state index in [2.05, 4.69) is 71.9 Å². The molecule has 0 unspecified atom stereocenters. The number of hydrogen-bond donors (Lipinski definition) is 2. The van der Waals surface area contributed by atoms with Crippen LogP contribution < -0.4 is 10.6 Å². The molecule has 0 aromatic heterocycles. The number of guanidine groups is 1. The molecule has 0 saturated carbocycles. The van der Waals surface area contributed by atoms with Gasteiger partial charge in [0, 0.05) is 19.6 Å². The second-order valence-corrected chi connectivity index (χ2v) is 4.91. The fourth-order valence-corrected chi connectivity index (χ4v) is 2.00. The zero-order valence-corrected chi connectivity index (χ0v) is 11.8. The van der Waals surface area contributed by atoms with E-state index < -0.39 is 0 Å². The Balaban J connectivity index is 2.05. The second-order valence-electron chi connectivity index (χ2n) is 4.91. The third kappa shape index (κ3) is 3.71. The molecule has 0 spiro atoms. The first-order valence-electron chi connectivity index (χ1n) is 6.64. The molecule has 0 bridgehead atoms. The third-order valence-electron chi connectivity index (χ3n) is 2.92. The van der Waals surface area contributed by atoms with Crippen LogP contribution in [0.5, 0.6) is 0 Å². The van der Waals surface area contributed by atoms with Gasteiger partial charge in [0.05, 0.1) is 0 Å². The Labute approximate surface area is 114 Å². The normalized spacial score (nSPS) is 11.9. The molecule has 0 radical (unpaired) electrons. The van der Waals surface area contributed by atoms with E-state index in [0.717, 1.165) is 12.5 Å². The Kier molecular flexibility index (Phi) is 4.39. The first-order chi connectivity index (χ1) is 9.19. The van der Waals surface area contributed by atoms with Crippen LogP contribution in [0.25, 0.3) is 10.8 Å². The number of nitrogens with one attached hydrogen (secondary N) is 2. The highest BCUT2D eigenvalue weighted by Gasteiger charge is 2.01. The lowest BCUT2D eigenvalue weighted by molar-refractivity contribution is 0.699. The molecular formula is C16H21N3. The predicted octanol–water partition coefficient (Wildman–Crippen LogP) is 2.91. The Morgan fingerprint density at radius 2 is 1.84 bits per heavy atom. The van der Waals surface area contributed by atoms with Crippen molar-refractivity contribution >= 4 is 16.7 Å². The van der Waals surface area contributed by atoms with Crippen molar-refractivity contribution in [3.63, 3.8) is 0 Å². The van der Waals surface area contributed by atoms with Crippen molar-refractivity contribution in [2.24, 2.45) is 4.99 Å². The predicted molar refractivity (Wildman–Crippen MR) is 82.4 cm³/mol. The highest BCUT2D eigenvalue weighted by molar-refractivity contribution is 5.83. The van der Waals surface area contributed by atoms with Crippen LogP contribution in [-0.4, -0.2) is 19.0 Å². The summed E-state index contributed by atoms with van der Waals surface area (Å²) in [6.45, 7) is 4.98. The minimum atomic E-state index is 0.378. The van der Waals surface area contributed by atoms with Crippen molar-refractivity contribution < 1.29 is 0 Å².